The maximum absolute atomic E-state index is 12.1. The molecule has 8 nitrogen and oxygen atoms in total. The normalized spacial score (nSPS) is 20.4. The first-order valence-electron chi connectivity index (χ1n) is 9.80. The molecule has 1 aliphatic rings. The van der Waals surface area contributed by atoms with Crippen LogP contribution in [0.25, 0.3) is 0 Å². The third-order valence-electron chi connectivity index (χ3n) is 4.86. The summed E-state index contributed by atoms with van der Waals surface area (Å²) in [5.41, 5.74) is 0.378. The van der Waals surface area contributed by atoms with Gasteiger partial charge in [-0.1, -0.05) is 36.5 Å². The molecule has 1 aromatic heterocycles. The Morgan fingerprint density at radius 2 is 2.07 bits per heavy atom. The van der Waals surface area contributed by atoms with Gasteiger partial charge in [0.25, 0.3) is 5.56 Å². The van der Waals surface area contributed by atoms with Crippen molar-refractivity contribution in [2.45, 2.75) is 51.5 Å². The number of H-pyrrole nitrogens is 1. The van der Waals surface area contributed by atoms with Crippen LogP contribution < -0.4 is 11.2 Å². The van der Waals surface area contributed by atoms with E-state index in [9.17, 15) is 19.5 Å². The second-order valence-electron chi connectivity index (χ2n) is 7.10. The van der Waals surface area contributed by atoms with Crippen LogP contribution in [-0.2, 0) is 9.47 Å². The van der Waals surface area contributed by atoms with Crippen LogP contribution in [0, 0.1) is 18.8 Å². The number of nitrogens with one attached hydrogen (secondary N) is 1. The van der Waals surface area contributed by atoms with Crippen molar-refractivity contribution in [3.8, 4) is 11.8 Å². The minimum atomic E-state index is -0.670. The minimum absolute atomic E-state index is 0.0767. The van der Waals surface area contributed by atoms with Gasteiger partial charge < -0.3 is 14.6 Å². The monoisotopic (exact) mass is 412 g/mol. The standard InChI is InChI=1S/C22H24N2O6/c1-3-18-17(25)12-19(30-18)24-13-16(20(26)23-22(24)28)6-4-5-11-29-21(27)15-9-7-14(2)8-10-15/h7-10,13,17-19,25H,3,5,11-12H2,1-2H3,(H,23,26,28). The fourth-order valence-corrected chi connectivity index (χ4v) is 3.17. The molecule has 8 heteroatoms. The van der Waals surface area contributed by atoms with Crippen molar-refractivity contribution in [2.75, 3.05) is 6.61 Å². The van der Waals surface area contributed by atoms with Gasteiger partial charge in [0.1, 0.15) is 18.4 Å². The number of benzene rings is 1. The molecule has 1 aromatic carbocycles. The number of aromatic amines is 1. The zero-order valence-corrected chi connectivity index (χ0v) is 16.9. The number of rotatable bonds is 5. The first-order valence-corrected chi connectivity index (χ1v) is 9.80. The Kier molecular flexibility index (Phi) is 6.87. The fraction of sp³-hybridized carbons (Fsp3) is 0.409. The van der Waals surface area contributed by atoms with Crippen molar-refractivity contribution in [1.82, 2.24) is 9.55 Å². The number of esters is 1. The maximum atomic E-state index is 12.1. The number of aliphatic hydroxyl groups excluding tert-OH is 1. The topological polar surface area (TPSA) is 111 Å². The van der Waals surface area contributed by atoms with E-state index in [4.69, 9.17) is 9.47 Å². The number of aryl methyl sites for hydroxylation is 1. The molecule has 2 N–H and O–H groups in total. The highest BCUT2D eigenvalue weighted by Crippen LogP contribution is 2.29. The summed E-state index contributed by atoms with van der Waals surface area (Å²) in [4.78, 5) is 38.3. The summed E-state index contributed by atoms with van der Waals surface area (Å²) in [6.45, 7) is 3.89. The van der Waals surface area contributed by atoms with Crippen molar-refractivity contribution in [1.29, 1.82) is 0 Å². The summed E-state index contributed by atoms with van der Waals surface area (Å²) >= 11 is 0. The average Bonchev–Trinajstić information content (AvgIpc) is 3.10. The third-order valence-corrected chi connectivity index (χ3v) is 4.86. The molecule has 2 aromatic rings. The van der Waals surface area contributed by atoms with Gasteiger partial charge in [-0.3, -0.25) is 14.3 Å². The SMILES string of the molecule is CCC1OC(n2cc(C#CCCOC(=O)c3ccc(C)cc3)c(=O)[nH]c2=O)CC1O. The van der Waals surface area contributed by atoms with Crippen LogP contribution in [0.3, 0.4) is 0 Å². The second kappa shape index (κ2) is 9.57. The van der Waals surface area contributed by atoms with Crippen molar-refractivity contribution in [3.05, 3.63) is 68.0 Å². The number of ether oxygens (including phenoxy) is 2. The summed E-state index contributed by atoms with van der Waals surface area (Å²) in [5, 5.41) is 9.99. The van der Waals surface area contributed by atoms with E-state index in [1.54, 1.807) is 12.1 Å². The number of carbonyl (C=O) groups is 1. The maximum Gasteiger partial charge on any atom is 0.338 e. The van der Waals surface area contributed by atoms with Gasteiger partial charge >= 0.3 is 11.7 Å². The third kappa shape index (κ3) is 5.06. The molecule has 3 atom stereocenters. The van der Waals surface area contributed by atoms with Crippen molar-refractivity contribution in [3.63, 3.8) is 0 Å². The Hall–Kier alpha value is -3.15. The Morgan fingerprint density at radius 1 is 1.33 bits per heavy atom. The van der Waals surface area contributed by atoms with Crippen LogP contribution in [0.1, 0.15) is 53.9 Å². The highest BCUT2D eigenvalue weighted by molar-refractivity contribution is 5.89. The summed E-state index contributed by atoms with van der Waals surface area (Å²) in [6.07, 6.45) is 0.749. The van der Waals surface area contributed by atoms with Crippen LogP contribution in [-0.4, -0.2) is 39.4 Å². The van der Waals surface area contributed by atoms with Crippen LogP contribution in [0.2, 0.25) is 0 Å². The van der Waals surface area contributed by atoms with Crippen LogP contribution >= 0.6 is 0 Å². The molecule has 1 fully saturated rings. The molecule has 3 rings (SSSR count). The molecular formula is C22H24N2O6. The van der Waals surface area contributed by atoms with E-state index in [0.29, 0.717) is 12.0 Å². The predicted molar refractivity (Wildman–Crippen MR) is 109 cm³/mol. The van der Waals surface area contributed by atoms with E-state index in [1.165, 1.54) is 10.8 Å². The zero-order chi connectivity index (χ0) is 21.7. The highest BCUT2D eigenvalue weighted by atomic mass is 16.5. The summed E-state index contributed by atoms with van der Waals surface area (Å²) in [7, 11) is 0. The molecule has 30 heavy (non-hydrogen) atoms. The largest absolute Gasteiger partial charge is 0.461 e. The van der Waals surface area contributed by atoms with Gasteiger partial charge in [0.05, 0.1) is 17.8 Å². The van der Waals surface area contributed by atoms with E-state index < -0.39 is 29.6 Å². The van der Waals surface area contributed by atoms with Gasteiger partial charge in [0.15, 0.2) is 0 Å². The lowest BCUT2D eigenvalue weighted by atomic mass is 10.1. The molecule has 0 radical (unpaired) electrons. The average molecular weight is 412 g/mol. The molecule has 158 valence electrons. The van der Waals surface area contributed by atoms with E-state index in [-0.39, 0.29) is 31.1 Å². The Balaban J connectivity index is 1.63. The quantitative estimate of drug-likeness (QED) is 0.438. The second-order valence-corrected chi connectivity index (χ2v) is 7.10. The molecular weight excluding hydrogens is 388 g/mol. The Morgan fingerprint density at radius 3 is 2.73 bits per heavy atom. The molecule has 0 aliphatic carbocycles. The summed E-state index contributed by atoms with van der Waals surface area (Å²) in [6, 6.07) is 7.04. The molecule has 0 amide bonds. The van der Waals surface area contributed by atoms with Gasteiger partial charge in [0, 0.05) is 19.0 Å². The van der Waals surface area contributed by atoms with Crippen LogP contribution in [0.5, 0.6) is 0 Å². The molecule has 3 unspecified atom stereocenters. The van der Waals surface area contributed by atoms with Crippen molar-refractivity contribution >= 4 is 5.97 Å². The fourth-order valence-electron chi connectivity index (χ4n) is 3.17. The Bertz CT molecular complexity index is 1070. The number of carbonyl (C=O) groups excluding carboxylic acids is 1. The lowest BCUT2D eigenvalue weighted by Gasteiger charge is -2.14. The van der Waals surface area contributed by atoms with Crippen molar-refractivity contribution < 1.29 is 19.4 Å². The van der Waals surface area contributed by atoms with Gasteiger partial charge in [-0.25, -0.2) is 9.59 Å². The number of hydrogen-bond acceptors (Lipinski definition) is 6. The number of hydrogen-bond donors (Lipinski definition) is 2. The minimum Gasteiger partial charge on any atom is -0.461 e. The molecule has 0 saturated carbocycles. The smallest absolute Gasteiger partial charge is 0.338 e. The number of aliphatic hydroxyl groups is 1. The lowest BCUT2D eigenvalue weighted by Crippen LogP contribution is -2.33. The van der Waals surface area contributed by atoms with Gasteiger partial charge in [-0.2, -0.15) is 0 Å². The van der Waals surface area contributed by atoms with Crippen LogP contribution in [0.4, 0.5) is 0 Å². The first-order chi connectivity index (χ1) is 14.4. The molecule has 1 aliphatic heterocycles. The number of nitrogens with zero attached hydrogens (tertiary/aromatic N) is 1. The van der Waals surface area contributed by atoms with E-state index in [0.717, 1.165) is 5.56 Å². The van der Waals surface area contributed by atoms with Gasteiger partial charge in [-0.05, 0) is 25.5 Å². The van der Waals surface area contributed by atoms with Gasteiger partial charge in [0.2, 0.25) is 0 Å². The zero-order valence-electron chi connectivity index (χ0n) is 16.9. The lowest BCUT2D eigenvalue weighted by molar-refractivity contribution is -0.0218. The predicted octanol–water partition coefficient (Wildman–Crippen LogP) is 1.50. The number of aromatic nitrogens is 2. The highest BCUT2D eigenvalue weighted by Gasteiger charge is 2.34. The Labute approximate surface area is 173 Å². The summed E-state index contributed by atoms with van der Waals surface area (Å²) in [5.74, 6) is 5.03. The molecule has 0 bridgehead atoms. The molecule has 0 spiro atoms. The van der Waals surface area contributed by atoms with Crippen LogP contribution in [0.15, 0.2) is 40.1 Å². The van der Waals surface area contributed by atoms with E-state index in [1.807, 2.05) is 26.0 Å². The van der Waals surface area contributed by atoms with Gasteiger partial charge in [-0.15, -0.1) is 0 Å². The summed E-state index contributed by atoms with van der Waals surface area (Å²) < 4.78 is 12.1. The van der Waals surface area contributed by atoms with Crippen molar-refractivity contribution in [2.24, 2.45) is 0 Å². The molecule has 1 saturated heterocycles. The molecule has 2 heterocycles. The van der Waals surface area contributed by atoms with E-state index >= 15 is 0 Å². The van der Waals surface area contributed by atoms with E-state index in [2.05, 4.69) is 16.8 Å². The first kappa shape index (κ1) is 21.6.